The van der Waals surface area contributed by atoms with Crippen molar-refractivity contribution in [3.8, 4) is 0 Å². The van der Waals surface area contributed by atoms with E-state index in [4.69, 9.17) is 16.3 Å². The van der Waals surface area contributed by atoms with Crippen LogP contribution >= 0.6 is 11.6 Å². The van der Waals surface area contributed by atoms with Crippen LogP contribution in [0.5, 0.6) is 0 Å². The molecule has 0 N–H and O–H groups in total. The molecule has 16 heavy (non-hydrogen) atoms. The van der Waals surface area contributed by atoms with Gasteiger partial charge in [0.25, 0.3) is 0 Å². The maximum absolute atomic E-state index is 5.72. The third-order valence-electron chi connectivity index (χ3n) is 2.62. The first-order valence-electron chi connectivity index (χ1n) is 5.53. The molecule has 1 aromatic rings. The Morgan fingerprint density at radius 3 is 3.06 bits per heavy atom. The van der Waals surface area contributed by atoms with Crippen LogP contribution in [-0.2, 0) is 4.74 Å². The van der Waals surface area contributed by atoms with Gasteiger partial charge in [-0.3, -0.25) is 0 Å². The second-order valence-electron chi connectivity index (χ2n) is 4.12. The summed E-state index contributed by atoms with van der Waals surface area (Å²) in [5, 5.41) is 0.281. The second kappa shape index (κ2) is 5.46. The minimum Gasteiger partial charge on any atom is -0.379 e. The largest absolute Gasteiger partial charge is 0.379 e. The molecule has 1 aromatic heterocycles. The first-order chi connectivity index (χ1) is 7.75. The summed E-state index contributed by atoms with van der Waals surface area (Å²) < 4.78 is 5.56. The predicted molar refractivity (Wildman–Crippen MR) is 63.9 cm³/mol. The monoisotopic (exact) mass is 241 g/mol. The smallest absolute Gasteiger partial charge is 0.224 e. The van der Waals surface area contributed by atoms with E-state index >= 15 is 0 Å². The van der Waals surface area contributed by atoms with Crippen LogP contribution in [0.3, 0.4) is 0 Å². The summed E-state index contributed by atoms with van der Waals surface area (Å²) in [6, 6.07) is 1.84. The first kappa shape index (κ1) is 11.6. The summed E-state index contributed by atoms with van der Waals surface area (Å²) in [5.74, 6) is 1.65. The van der Waals surface area contributed by atoms with Crippen LogP contribution in [0.4, 0.5) is 5.82 Å². The molecule has 0 aliphatic heterocycles. The minimum absolute atomic E-state index is 0.281. The summed E-state index contributed by atoms with van der Waals surface area (Å²) >= 11 is 5.72. The van der Waals surface area contributed by atoms with Gasteiger partial charge >= 0.3 is 0 Å². The van der Waals surface area contributed by atoms with Crippen LogP contribution in [0.25, 0.3) is 0 Å². The molecule has 0 aromatic carbocycles. The number of anilines is 1. The van der Waals surface area contributed by atoms with Gasteiger partial charge in [0, 0.05) is 26.4 Å². The van der Waals surface area contributed by atoms with Gasteiger partial charge in [-0.2, -0.15) is 0 Å². The van der Waals surface area contributed by atoms with Gasteiger partial charge in [0.2, 0.25) is 5.28 Å². The normalized spacial score (nSPS) is 15.1. The van der Waals surface area contributed by atoms with Crippen LogP contribution in [-0.4, -0.2) is 36.8 Å². The summed E-state index contributed by atoms with van der Waals surface area (Å²) in [6.45, 7) is 2.45. The number of aromatic nitrogens is 2. The number of ether oxygens (including phenoxy) is 1. The van der Waals surface area contributed by atoms with Crippen molar-refractivity contribution in [1.82, 2.24) is 9.97 Å². The fourth-order valence-corrected chi connectivity index (χ4v) is 1.53. The molecule has 1 aliphatic rings. The van der Waals surface area contributed by atoms with Crippen LogP contribution in [0.1, 0.15) is 12.8 Å². The summed E-state index contributed by atoms with van der Waals surface area (Å²) in [7, 11) is 1.97. The lowest BCUT2D eigenvalue weighted by atomic mass is 10.4. The molecule has 2 rings (SSSR count). The molecular weight excluding hydrogens is 226 g/mol. The van der Waals surface area contributed by atoms with Crippen molar-refractivity contribution in [3.63, 3.8) is 0 Å². The predicted octanol–water partition coefficient (Wildman–Crippen LogP) is 1.99. The molecule has 0 saturated heterocycles. The Labute approximate surface area is 101 Å². The van der Waals surface area contributed by atoms with Crippen molar-refractivity contribution < 1.29 is 4.74 Å². The number of rotatable bonds is 6. The third-order valence-corrected chi connectivity index (χ3v) is 2.81. The lowest BCUT2D eigenvalue weighted by Crippen LogP contribution is -2.23. The molecule has 1 aliphatic carbocycles. The molecule has 0 spiro atoms. The third kappa shape index (κ3) is 3.61. The molecular formula is C11H16ClN3O. The zero-order valence-electron chi connectivity index (χ0n) is 9.40. The van der Waals surface area contributed by atoms with E-state index in [1.807, 2.05) is 18.0 Å². The quantitative estimate of drug-likeness (QED) is 0.564. The maximum Gasteiger partial charge on any atom is 0.224 e. The highest BCUT2D eigenvalue weighted by Gasteiger charge is 2.20. The average molecular weight is 242 g/mol. The highest BCUT2D eigenvalue weighted by Crippen LogP contribution is 2.28. The van der Waals surface area contributed by atoms with E-state index in [0.717, 1.165) is 31.5 Å². The van der Waals surface area contributed by atoms with Crippen molar-refractivity contribution in [2.24, 2.45) is 5.92 Å². The maximum atomic E-state index is 5.72. The Bertz CT molecular complexity index is 344. The molecule has 0 unspecified atom stereocenters. The van der Waals surface area contributed by atoms with Gasteiger partial charge in [-0.1, -0.05) is 0 Å². The zero-order chi connectivity index (χ0) is 11.4. The number of hydrogen-bond acceptors (Lipinski definition) is 4. The molecule has 0 atom stereocenters. The first-order valence-corrected chi connectivity index (χ1v) is 5.91. The Kier molecular flexibility index (Phi) is 3.96. The number of halogens is 1. The minimum atomic E-state index is 0.281. The van der Waals surface area contributed by atoms with Crippen LogP contribution in [0.2, 0.25) is 5.28 Å². The highest BCUT2D eigenvalue weighted by molar-refractivity contribution is 6.28. The van der Waals surface area contributed by atoms with E-state index < -0.39 is 0 Å². The standard InChI is InChI=1S/C11H16ClN3O/c1-15(6-7-16-8-9-2-3-9)10-4-5-13-11(12)14-10/h4-5,9H,2-3,6-8H2,1H3. The molecule has 1 saturated carbocycles. The fourth-order valence-electron chi connectivity index (χ4n) is 1.39. The molecule has 1 fully saturated rings. The Balaban J connectivity index is 1.71. The molecule has 0 bridgehead atoms. The van der Waals surface area contributed by atoms with Crippen LogP contribution in [0, 0.1) is 5.92 Å². The topological polar surface area (TPSA) is 38.2 Å². The van der Waals surface area contributed by atoms with Gasteiger partial charge in [-0.25, -0.2) is 9.97 Å². The molecule has 1 heterocycles. The fraction of sp³-hybridized carbons (Fsp3) is 0.636. The van der Waals surface area contributed by atoms with Crippen molar-refractivity contribution in [3.05, 3.63) is 17.5 Å². The summed E-state index contributed by atoms with van der Waals surface area (Å²) in [5.41, 5.74) is 0. The Morgan fingerprint density at radius 2 is 2.38 bits per heavy atom. The molecule has 88 valence electrons. The lowest BCUT2D eigenvalue weighted by Gasteiger charge is -2.17. The molecule has 4 nitrogen and oxygen atoms in total. The molecule has 5 heteroatoms. The van der Waals surface area contributed by atoms with Gasteiger partial charge in [0.05, 0.1) is 6.61 Å². The van der Waals surface area contributed by atoms with Gasteiger partial charge < -0.3 is 9.64 Å². The second-order valence-corrected chi connectivity index (χ2v) is 4.46. The number of nitrogens with zero attached hydrogens (tertiary/aromatic N) is 3. The zero-order valence-corrected chi connectivity index (χ0v) is 10.2. The Hall–Kier alpha value is -0.870. The Morgan fingerprint density at radius 1 is 1.56 bits per heavy atom. The van der Waals surface area contributed by atoms with E-state index in [-0.39, 0.29) is 5.28 Å². The van der Waals surface area contributed by atoms with Gasteiger partial charge in [-0.15, -0.1) is 0 Å². The number of hydrogen-bond donors (Lipinski definition) is 0. The lowest BCUT2D eigenvalue weighted by molar-refractivity contribution is 0.131. The van der Waals surface area contributed by atoms with E-state index in [0.29, 0.717) is 0 Å². The van der Waals surface area contributed by atoms with Crippen molar-refractivity contribution >= 4 is 17.4 Å². The van der Waals surface area contributed by atoms with E-state index in [1.54, 1.807) is 6.20 Å². The van der Waals surface area contributed by atoms with Crippen LogP contribution < -0.4 is 4.90 Å². The van der Waals surface area contributed by atoms with Gasteiger partial charge in [-0.05, 0) is 36.4 Å². The van der Waals surface area contributed by atoms with Crippen molar-refractivity contribution in [2.75, 3.05) is 31.7 Å². The highest BCUT2D eigenvalue weighted by atomic mass is 35.5. The van der Waals surface area contributed by atoms with Gasteiger partial charge in [0.15, 0.2) is 0 Å². The van der Waals surface area contributed by atoms with E-state index in [1.165, 1.54) is 12.8 Å². The van der Waals surface area contributed by atoms with E-state index in [9.17, 15) is 0 Å². The average Bonchev–Trinajstić information content (AvgIpc) is 3.08. The molecule has 0 amide bonds. The van der Waals surface area contributed by atoms with E-state index in [2.05, 4.69) is 9.97 Å². The van der Waals surface area contributed by atoms with Gasteiger partial charge in [0.1, 0.15) is 5.82 Å². The van der Waals surface area contributed by atoms with Crippen molar-refractivity contribution in [1.29, 1.82) is 0 Å². The van der Waals surface area contributed by atoms with Crippen LogP contribution in [0.15, 0.2) is 12.3 Å². The SMILES string of the molecule is CN(CCOCC1CC1)c1ccnc(Cl)n1. The summed E-state index contributed by atoms with van der Waals surface area (Å²) in [4.78, 5) is 9.98. The number of likely N-dealkylation sites (N-methyl/N-ethyl adjacent to an activating group) is 1. The van der Waals surface area contributed by atoms with Crippen molar-refractivity contribution in [2.45, 2.75) is 12.8 Å². The molecule has 0 radical (unpaired) electrons. The summed E-state index contributed by atoms with van der Waals surface area (Å²) in [6.07, 6.45) is 4.32.